The van der Waals surface area contributed by atoms with E-state index < -0.39 is 0 Å². The van der Waals surface area contributed by atoms with Gasteiger partial charge in [0.15, 0.2) is 0 Å². The molecule has 0 unspecified atom stereocenters. The van der Waals surface area contributed by atoms with Gasteiger partial charge in [0.05, 0.1) is 11.6 Å². The zero-order valence-corrected chi connectivity index (χ0v) is 12.2. The fraction of sp³-hybridized carbons (Fsp3) is 0.333. The van der Waals surface area contributed by atoms with Crippen molar-refractivity contribution in [1.29, 1.82) is 5.26 Å². The zero-order valence-electron chi connectivity index (χ0n) is 12.2. The van der Waals surface area contributed by atoms with Gasteiger partial charge in [-0.05, 0) is 18.2 Å². The summed E-state index contributed by atoms with van der Waals surface area (Å²) in [6.07, 6.45) is 0.541. The number of nitrogens with zero attached hydrogens (tertiary/aromatic N) is 5. The quantitative estimate of drug-likeness (QED) is 0.750. The van der Waals surface area contributed by atoms with E-state index in [-0.39, 0.29) is 11.6 Å². The van der Waals surface area contributed by atoms with Crippen molar-refractivity contribution in [1.82, 2.24) is 19.2 Å². The predicted octanol–water partition coefficient (Wildman–Crippen LogP) is 0.152. The van der Waals surface area contributed by atoms with Crippen LogP contribution in [0.5, 0.6) is 0 Å². The number of amides is 1. The molecule has 2 heterocycles. The largest absolute Gasteiger partial charge is 0.345 e. The highest BCUT2D eigenvalue weighted by atomic mass is 16.2. The van der Waals surface area contributed by atoms with Crippen molar-refractivity contribution >= 4 is 5.91 Å². The Bertz CT molecular complexity index is 827. The van der Waals surface area contributed by atoms with Crippen molar-refractivity contribution in [2.24, 2.45) is 7.05 Å². The third-order valence-corrected chi connectivity index (χ3v) is 3.81. The minimum atomic E-state index is -0.157. The summed E-state index contributed by atoms with van der Waals surface area (Å²) < 4.78 is 2.93. The van der Waals surface area contributed by atoms with Crippen LogP contribution in [0, 0.1) is 11.3 Å². The van der Waals surface area contributed by atoms with Crippen molar-refractivity contribution in [3.63, 3.8) is 0 Å². The minimum absolute atomic E-state index is 0.125. The normalized spacial score (nSPS) is 14.1. The summed E-state index contributed by atoms with van der Waals surface area (Å²) in [5.41, 5.74) is 0.796. The molecule has 1 aromatic heterocycles. The summed E-state index contributed by atoms with van der Waals surface area (Å²) in [5.74, 6) is 0.577. The number of aromatic nitrogens is 3. The molecular formula is C15H15N5O2. The molecule has 2 aromatic rings. The first kappa shape index (κ1) is 14.1. The predicted molar refractivity (Wildman–Crippen MR) is 78.2 cm³/mol. The van der Waals surface area contributed by atoms with Gasteiger partial charge in [-0.3, -0.25) is 9.36 Å². The van der Waals surface area contributed by atoms with Gasteiger partial charge >= 0.3 is 5.69 Å². The molecule has 0 radical (unpaired) electrons. The number of rotatable bonds is 1. The van der Waals surface area contributed by atoms with E-state index in [1.165, 1.54) is 4.68 Å². The standard InChI is InChI=1S/C15H15N5O2/c1-18-15(22)20-8-7-19(6-5-13(20)17-18)14(21)12-4-2-3-11(9-12)10-16/h2-4,9H,5-8H2,1H3. The molecule has 1 aliphatic heterocycles. The fourth-order valence-corrected chi connectivity index (χ4v) is 2.64. The highest BCUT2D eigenvalue weighted by molar-refractivity contribution is 5.94. The monoisotopic (exact) mass is 297 g/mol. The topological polar surface area (TPSA) is 83.9 Å². The molecule has 0 spiro atoms. The fourth-order valence-electron chi connectivity index (χ4n) is 2.64. The second kappa shape index (κ2) is 5.48. The Morgan fingerprint density at radius 1 is 1.32 bits per heavy atom. The van der Waals surface area contributed by atoms with Gasteiger partial charge in [0, 0.05) is 38.7 Å². The second-order valence-electron chi connectivity index (χ2n) is 5.21. The van der Waals surface area contributed by atoms with Crippen LogP contribution in [0.15, 0.2) is 29.1 Å². The van der Waals surface area contributed by atoms with Crippen molar-refractivity contribution < 1.29 is 4.79 Å². The molecule has 0 saturated carbocycles. The van der Waals surface area contributed by atoms with Crippen LogP contribution in [-0.4, -0.2) is 38.2 Å². The number of hydrogen-bond donors (Lipinski definition) is 0. The van der Waals surface area contributed by atoms with E-state index in [2.05, 4.69) is 5.10 Å². The molecule has 0 saturated heterocycles. The van der Waals surface area contributed by atoms with Gasteiger partial charge in [0.25, 0.3) is 5.91 Å². The van der Waals surface area contributed by atoms with E-state index in [0.29, 0.717) is 43.0 Å². The lowest BCUT2D eigenvalue weighted by Crippen LogP contribution is -2.35. The van der Waals surface area contributed by atoms with E-state index in [4.69, 9.17) is 5.26 Å². The summed E-state index contributed by atoms with van der Waals surface area (Å²) in [6.45, 7) is 1.39. The van der Waals surface area contributed by atoms with E-state index in [1.54, 1.807) is 40.8 Å². The van der Waals surface area contributed by atoms with Crippen LogP contribution < -0.4 is 5.69 Å². The summed E-state index contributed by atoms with van der Waals surface area (Å²) in [7, 11) is 1.63. The van der Waals surface area contributed by atoms with Gasteiger partial charge in [-0.15, -0.1) is 0 Å². The highest BCUT2D eigenvalue weighted by Crippen LogP contribution is 2.11. The number of carbonyl (C=O) groups is 1. The maximum atomic E-state index is 12.5. The van der Waals surface area contributed by atoms with Gasteiger partial charge in [-0.25, -0.2) is 9.48 Å². The summed E-state index contributed by atoms with van der Waals surface area (Å²) in [6, 6.07) is 8.68. The Morgan fingerprint density at radius 2 is 2.14 bits per heavy atom. The summed E-state index contributed by atoms with van der Waals surface area (Å²) in [5, 5.41) is 13.1. The number of aryl methyl sites for hydroxylation is 1. The van der Waals surface area contributed by atoms with Gasteiger partial charge in [0.1, 0.15) is 5.82 Å². The Labute approximate surface area is 127 Å². The zero-order chi connectivity index (χ0) is 15.7. The number of hydrogen-bond acceptors (Lipinski definition) is 4. The third-order valence-electron chi connectivity index (χ3n) is 3.81. The van der Waals surface area contributed by atoms with Crippen LogP contribution >= 0.6 is 0 Å². The molecule has 112 valence electrons. The Kier molecular flexibility index (Phi) is 3.51. The number of carbonyl (C=O) groups excluding carboxylic acids is 1. The van der Waals surface area contributed by atoms with E-state index in [1.807, 2.05) is 6.07 Å². The Balaban J connectivity index is 1.81. The van der Waals surface area contributed by atoms with Crippen LogP contribution in [0.3, 0.4) is 0 Å². The van der Waals surface area contributed by atoms with Crippen molar-refractivity contribution in [3.05, 3.63) is 51.7 Å². The first-order valence-electron chi connectivity index (χ1n) is 7.02. The van der Waals surface area contributed by atoms with Crippen molar-refractivity contribution in [2.75, 3.05) is 13.1 Å². The molecule has 0 atom stereocenters. The maximum Gasteiger partial charge on any atom is 0.345 e. The summed E-state index contributed by atoms with van der Waals surface area (Å²) >= 11 is 0. The van der Waals surface area contributed by atoms with Gasteiger partial charge in [0.2, 0.25) is 0 Å². The first-order chi connectivity index (χ1) is 10.6. The third kappa shape index (κ3) is 2.39. The lowest BCUT2D eigenvalue weighted by molar-refractivity contribution is 0.0758. The SMILES string of the molecule is Cn1nc2n(c1=O)CCN(C(=O)c1cccc(C#N)c1)CC2. The molecule has 0 aliphatic carbocycles. The van der Waals surface area contributed by atoms with Crippen molar-refractivity contribution in [2.45, 2.75) is 13.0 Å². The Morgan fingerprint density at radius 3 is 2.91 bits per heavy atom. The van der Waals surface area contributed by atoms with Crippen LogP contribution in [0.1, 0.15) is 21.7 Å². The molecule has 1 aromatic carbocycles. The van der Waals surface area contributed by atoms with Crippen LogP contribution in [0.25, 0.3) is 0 Å². The van der Waals surface area contributed by atoms with Crippen LogP contribution in [0.2, 0.25) is 0 Å². The Hall–Kier alpha value is -2.88. The molecule has 3 rings (SSSR count). The highest BCUT2D eigenvalue weighted by Gasteiger charge is 2.22. The first-order valence-corrected chi connectivity index (χ1v) is 7.02. The maximum absolute atomic E-state index is 12.5. The van der Waals surface area contributed by atoms with Crippen molar-refractivity contribution in [3.8, 4) is 6.07 Å². The molecule has 1 aliphatic rings. The lowest BCUT2D eigenvalue weighted by Gasteiger charge is -2.20. The van der Waals surface area contributed by atoms with E-state index in [9.17, 15) is 9.59 Å². The second-order valence-corrected chi connectivity index (χ2v) is 5.21. The average molecular weight is 297 g/mol. The summed E-state index contributed by atoms with van der Waals surface area (Å²) in [4.78, 5) is 26.2. The smallest absolute Gasteiger partial charge is 0.336 e. The molecule has 1 amide bonds. The molecule has 0 bridgehead atoms. The van der Waals surface area contributed by atoms with E-state index in [0.717, 1.165) is 0 Å². The molecule has 7 nitrogen and oxygen atoms in total. The molecule has 7 heteroatoms. The molecular weight excluding hydrogens is 282 g/mol. The molecule has 0 N–H and O–H groups in total. The molecule has 0 fully saturated rings. The van der Waals surface area contributed by atoms with Gasteiger partial charge in [-0.1, -0.05) is 6.07 Å². The minimum Gasteiger partial charge on any atom is -0.336 e. The van der Waals surface area contributed by atoms with Gasteiger partial charge in [-0.2, -0.15) is 10.4 Å². The van der Waals surface area contributed by atoms with Crippen LogP contribution in [-0.2, 0) is 20.0 Å². The van der Waals surface area contributed by atoms with Gasteiger partial charge < -0.3 is 4.90 Å². The lowest BCUT2D eigenvalue weighted by atomic mass is 10.1. The number of nitriles is 1. The molecule has 22 heavy (non-hydrogen) atoms. The number of benzene rings is 1. The average Bonchev–Trinajstić information content (AvgIpc) is 2.71. The van der Waals surface area contributed by atoms with E-state index >= 15 is 0 Å². The number of fused-ring (bicyclic) bond motifs is 1. The van der Waals surface area contributed by atoms with Crippen LogP contribution in [0.4, 0.5) is 0 Å².